The first kappa shape index (κ1) is 13.1. The van der Waals surface area contributed by atoms with Gasteiger partial charge in [0, 0.05) is 4.47 Å². The van der Waals surface area contributed by atoms with Gasteiger partial charge in [0.2, 0.25) is 0 Å². The van der Waals surface area contributed by atoms with Crippen LogP contribution < -0.4 is 0 Å². The third-order valence-electron chi connectivity index (χ3n) is 1.59. The molecule has 0 aliphatic heterocycles. The first-order chi connectivity index (χ1) is 6.99. The van der Waals surface area contributed by atoms with Gasteiger partial charge in [-0.2, -0.15) is 0 Å². The Bertz CT molecular complexity index is 381. The molecule has 0 saturated carbocycles. The van der Waals surface area contributed by atoms with Crippen molar-refractivity contribution in [3.8, 4) is 0 Å². The predicted molar refractivity (Wildman–Crippen MR) is 65.1 cm³/mol. The van der Waals surface area contributed by atoms with Gasteiger partial charge in [0.1, 0.15) is 0 Å². The number of rotatable bonds is 2. The Morgan fingerprint density at radius 1 is 1.40 bits per heavy atom. The fourth-order valence-electron chi connectivity index (χ4n) is 0.956. The van der Waals surface area contributed by atoms with E-state index < -0.39 is 5.97 Å². The molecule has 0 atom stereocenters. The van der Waals surface area contributed by atoms with E-state index in [4.69, 9.17) is 39.5 Å². The topological polar surface area (TPSA) is 26.3 Å². The van der Waals surface area contributed by atoms with Crippen LogP contribution in [0, 0.1) is 0 Å². The number of hydrogen-bond acceptors (Lipinski definition) is 2. The highest BCUT2D eigenvalue weighted by atomic mass is 79.9. The zero-order valence-corrected chi connectivity index (χ0v) is 11.5. The van der Waals surface area contributed by atoms with E-state index in [0.29, 0.717) is 4.47 Å². The highest BCUT2D eigenvalue weighted by Crippen LogP contribution is 2.37. The molecule has 0 heterocycles. The molecule has 0 aliphatic rings. The molecular weight excluding hydrogens is 326 g/mol. The third-order valence-corrected chi connectivity index (χ3v) is 3.63. The standard InChI is InChI=1S/C9H6BrCl3O2/c1-2-15-9(14)6-7(12)4(10)3-5(11)8(6)13/h3H,2H2,1H3. The summed E-state index contributed by atoms with van der Waals surface area (Å²) >= 11 is 20.7. The number of halogens is 4. The molecule has 1 aromatic carbocycles. The van der Waals surface area contributed by atoms with E-state index in [1.54, 1.807) is 6.92 Å². The summed E-state index contributed by atoms with van der Waals surface area (Å²) < 4.78 is 5.31. The maximum atomic E-state index is 11.5. The van der Waals surface area contributed by atoms with E-state index in [-0.39, 0.29) is 27.2 Å². The predicted octanol–water partition coefficient (Wildman–Crippen LogP) is 4.59. The quantitative estimate of drug-likeness (QED) is 0.585. The molecule has 0 unspecified atom stereocenters. The average Bonchev–Trinajstić information content (AvgIpc) is 2.16. The molecule has 0 saturated heterocycles. The molecule has 0 bridgehead atoms. The molecule has 2 nitrogen and oxygen atoms in total. The summed E-state index contributed by atoms with van der Waals surface area (Å²) in [6.45, 7) is 1.94. The minimum absolute atomic E-state index is 0.0829. The highest BCUT2D eigenvalue weighted by molar-refractivity contribution is 9.10. The van der Waals surface area contributed by atoms with Crippen molar-refractivity contribution in [1.29, 1.82) is 0 Å². The number of carbonyl (C=O) groups is 1. The van der Waals surface area contributed by atoms with Crippen LogP contribution >= 0.6 is 50.7 Å². The molecule has 0 radical (unpaired) electrons. The Balaban J connectivity index is 3.32. The van der Waals surface area contributed by atoms with Gasteiger partial charge in [-0.15, -0.1) is 0 Å². The maximum absolute atomic E-state index is 11.5. The zero-order chi connectivity index (χ0) is 11.6. The Morgan fingerprint density at radius 3 is 2.53 bits per heavy atom. The SMILES string of the molecule is CCOC(=O)c1c(Cl)c(Cl)cc(Br)c1Cl. The van der Waals surface area contributed by atoms with Crippen molar-refractivity contribution in [3.63, 3.8) is 0 Å². The van der Waals surface area contributed by atoms with Crippen LogP contribution in [0.25, 0.3) is 0 Å². The Kier molecular flexibility index (Phi) is 4.71. The lowest BCUT2D eigenvalue weighted by Crippen LogP contribution is -2.06. The van der Waals surface area contributed by atoms with Gasteiger partial charge >= 0.3 is 5.97 Å². The monoisotopic (exact) mass is 330 g/mol. The summed E-state index contributed by atoms with van der Waals surface area (Å²) in [5, 5.41) is 0.544. The normalized spacial score (nSPS) is 10.2. The molecule has 0 amide bonds. The number of benzene rings is 1. The van der Waals surface area contributed by atoms with Crippen LogP contribution in [-0.2, 0) is 4.74 Å². The molecule has 1 rings (SSSR count). The van der Waals surface area contributed by atoms with Gasteiger partial charge in [-0.25, -0.2) is 4.79 Å². The van der Waals surface area contributed by atoms with Gasteiger partial charge in [0.05, 0.1) is 27.2 Å². The Labute approximate surface area is 111 Å². The molecule has 0 spiro atoms. The first-order valence-electron chi connectivity index (χ1n) is 3.99. The van der Waals surface area contributed by atoms with Crippen LogP contribution in [0.15, 0.2) is 10.5 Å². The van der Waals surface area contributed by atoms with E-state index in [1.165, 1.54) is 6.07 Å². The summed E-state index contributed by atoms with van der Waals surface area (Å²) in [7, 11) is 0. The summed E-state index contributed by atoms with van der Waals surface area (Å²) in [6, 6.07) is 1.52. The smallest absolute Gasteiger partial charge is 0.341 e. The van der Waals surface area contributed by atoms with Crippen molar-refractivity contribution in [2.45, 2.75) is 6.92 Å². The van der Waals surface area contributed by atoms with Crippen molar-refractivity contribution in [2.24, 2.45) is 0 Å². The second kappa shape index (κ2) is 5.39. The van der Waals surface area contributed by atoms with E-state index in [1.807, 2.05) is 0 Å². The van der Waals surface area contributed by atoms with Gasteiger partial charge < -0.3 is 4.74 Å². The van der Waals surface area contributed by atoms with Gasteiger partial charge in [0.15, 0.2) is 0 Å². The highest BCUT2D eigenvalue weighted by Gasteiger charge is 2.20. The maximum Gasteiger partial charge on any atom is 0.341 e. The summed E-state index contributed by atoms with van der Waals surface area (Å²) in [5.41, 5.74) is 0.0829. The number of ether oxygens (including phenoxy) is 1. The largest absolute Gasteiger partial charge is 0.462 e. The molecule has 82 valence electrons. The lowest BCUT2D eigenvalue weighted by atomic mass is 10.2. The zero-order valence-electron chi connectivity index (χ0n) is 7.61. The number of esters is 1. The van der Waals surface area contributed by atoms with Crippen LogP contribution in [0.1, 0.15) is 17.3 Å². The van der Waals surface area contributed by atoms with Gasteiger partial charge in [0.25, 0.3) is 0 Å². The van der Waals surface area contributed by atoms with E-state index in [9.17, 15) is 4.79 Å². The molecule has 15 heavy (non-hydrogen) atoms. The van der Waals surface area contributed by atoms with Gasteiger partial charge in [-0.1, -0.05) is 34.8 Å². The molecular formula is C9H6BrCl3O2. The van der Waals surface area contributed by atoms with E-state index >= 15 is 0 Å². The van der Waals surface area contributed by atoms with Crippen LogP contribution in [-0.4, -0.2) is 12.6 Å². The molecule has 0 N–H and O–H groups in total. The lowest BCUT2D eigenvalue weighted by molar-refractivity contribution is 0.0526. The minimum atomic E-state index is -0.587. The fourth-order valence-corrected chi connectivity index (χ4v) is 2.22. The number of carbonyl (C=O) groups excluding carboxylic acids is 1. The second-order valence-electron chi connectivity index (χ2n) is 2.56. The van der Waals surface area contributed by atoms with Gasteiger partial charge in [-0.3, -0.25) is 0 Å². The molecule has 6 heteroatoms. The van der Waals surface area contributed by atoms with E-state index in [0.717, 1.165) is 0 Å². The summed E-state index contributed by atoms with van der Waals surface area (Å²) in [6.07, 6.45) is 0. The summed E-state index contributed by atoms with van der Waals surface area (Å²) in [5.74, 6) is -0.587. The Hall–Kier alpha value is 0.0400. The molecule has 0 aromatic heterocycles. The van der Waals surface area contributed by atoms with Crippen molar-refractivity contribution in [2.75, 3.05) is 6.61 Å². The minimum Gasteiger partial charge on any atom is -0.462 e. The van der Waals surface area contributed by atoms with Crippen LogP contribution in [0.4, 0.5) is 0 Å². The van der Waals surface area contributed by atoms with Crippen molar-refractivity contribution >= 4 is 56.7 Å². The van der Waals surface area contributed by atoms with Crippen LogP contribution in [0.5, 0.6) is 0 Å². The molecule has 0 fully saturated rings. The lowest BCUT2D eigenvalue weighted by Gasteiger charge is -2.09. The second-order valence-corrected chi connectivity index (χ2v) is 4.58. The fraction of sp³-hybridized carbons (Fsp3) is 0.222. The molecule has 1 aromatic rings. The van der Waals surface area contributed by atoms with Crippen LogP contribution in [0.2, 0.25) is 15.1 Å². The third kappa shape index (κ3) is 2.78. The number of hydrogen-bond donors (Lipinski definition) is 0. The van der Waals surface area contributed by atoms with Gasteiger partial charge in [-0.05, 0) is 28.9 Å². The first-order valence-corrected chi connectivity index (χ1v) is 5.91. The Morgan fingerprint density at radius 2 is 2.00 bits per heavy atom. The molecule has 0 aliphatic carbocycles. The van der Waals surface area contributed by atoms with Crippen molar-refractivity contribution in [3.05, 3.63) is 31.2 Å². The van der Waals surface area contributed by atoms with Crippen LogP contribution in [0.3, 0.4) is 0 Å². The van der Waals surface area contributed by atoms with E-state index in [2.05, 4.69) is 15.9 Å². The average molecular weight is 332 g/mol. The van der Waals surface area contributed by atoms with Crippen molar-refractivity contribution < 1.29 is 9.53 Å². The summed E-state index contributed by atoms with van der Waals surface area (Å²) in [4.78, 5) is 11.5. The van der Waals surface area contributed by atoms with Crippen molar-refractivity contribution in [1.82, 2.24) is 0 Å².